The zero-order valence-corrected chi connectivity index (χ0v) is 95.3. The van der Waals surface area contributed by atoms with Crippen molar-refractivity contribution in [2.75, 3.05) is 53.4 Å². The molecule has 11 aromatic rings. The summed E-state index contributed by atoms with van der Waals surface area (Å²) in [4.78, 5) is 107. The van der Waals surface area contributed by atoms with Crippen LogP contribution in [0.3, 0.4) is 0 Å². The first-order valence-corrected chi connectivity index (χ1v) is 58.6. The average molecular weight is 2210 g/mol. The normalized spacial score (nSPS) is 13.3. The Bertz CT molecular complexity index is 7060. The number of halogens is 10. The standard InChI is InChI=1S/C32H42F3NO4Si.C32H38F3NO4Si.C25H27F2NO5.C23H34FIN2O4Si/c2*1-10-39-30(38)24-18-36(28(31(2,3)4)19-40-41(8,9)32(5,6)7)27-17-26(35)21(15-23(27)29(24)37)12-11-20-13-14-22(33)16-25(20)34;1-25(2,3)22(13-29)28-12-18(24(31)32)23(30)17-9-15(21(33-4)11-20(17)28)6-5-14-7-8-16(26)10-19(14)27;1-10-30-21(29)15-12-27(20-14(18(15)28)11-16(25)19(24)26-20)17(22(2,3)4)13-31-32(8,9)23(5,6)7/h13-18,28H,10-12,19H2,1-9H3;13-18,28H,10,19H2,1-9H3;7-12,22,29H,5-6,13H2,1-4H3,(H,31,32);11-12,17H,10,13H2,1-9H3/t2*28-;22-;17-/m1111/s1. The number of aliphatic hydroxyl groups excluding tert-OH is 1. The van der Waals surface area contributed by atoms with E-state index in [4.69, 9.17) is 32.2 Å². The Morgan fingerprint density at radius 1 is 0.388 bits per heavy atom. The Hall–Kier alpha value is -10.9. The summed E-state index contributed by atoms with van der Waals surface area (Å²) in [5.41, 5.74) is -2.60. The van der Waals surface area contributed by atoms with E-state index >= 15 is 8.78 Å². The first kappa shape index (κ1) is 121. The molecule has 0 aliphatic carbocycles. The first-order valence-electron chi connectivity index (χ1n) is 48.8. The second-order valence-corrected chi connectivity index (χ2v) is 61.1. The molecule has 0 aliphatic rings. The van der Waals surface area contributed by atoms with E-state index in [2.05, 4.69) is 118 Å². The number of carbonyl (C=O) groups excluding carboxylic acids is 3. The number of aryl methyl sites for hydroxylation is 4. The van der Waals surface area contributed by atoms with Crippen molar-refractivity contribution >= 4 is 115 Å². The predicted molar refractivity (Wildman–Crippen MR) is 575 cm³/mol. The number of carboxylic acid groups (broad SMARTS) is 1. The van der Waals surface area contributed by atoms with E-state index in [1.54, 1.807) is 73.8 Å². The lowest BCUT2D eigenvalue weighted by Crippen LogP contribution is -2.43. The summed E-state index contributed by atoms with van der Waals surface area (Å²) < 4.78 is 175. The lowest BCUT2D eigenvalue weighted by Gasteiger charge is -2.40. The summed E-state index contributed by atoms with van der Waals surface area (Å²) in [5.74, 6) is -4.48. The number of carboxylic acids is 1. The van der Waals surface area contributed by atoms with Crippen molar-refractivity contribution in [1.29, 1.82) is 0 Å². The molecule has 2 N–H and O–H groups in total. The van der Waals surface area contributed by atoms with Crippen LogP contribution in [-0.2, 0) is 53.2 Å². The number of esters is 3. The quantitative estimate of drug-likeness (QED) is 0.00877. The van der Waals surface area contributed by atoms with Crippen molar-refractivity contribution in [1.82, 2.24) is 23.3 Å². The molecule has 5 aromatic heterocycles. The average Bonchev–Trinajstić information content (AvgIpc) is 0.758. The highest BCUT2D eigenvalue weighted by atomic mass is 127. The maximum atomic E-state index is 15.6. The molecule has 0 amide bonds. The summed E-state index contributed by atoms with van der Waals surface area (Å²) in [6, 6.07) is 17.7. The molecule has 4 atom stereocenters. The van der Waals surface area contributed by atoms with Gasteiger partial charge >= 0.3 is 23.9 Å². The van der Waals surface area contributed by atoms with Gasteiger partial charge in [-0.2, -0.15) is 4.39 Å². The molecule has 0 saturated carbocycles. The number of rotatable bonds is 28. The van der Waals surface area contributed by atoms with Crippen LogP contribution < -0.4 is 26.5 Å². The van der Waals surface area contributed by atoms with Crippen molar-refractivity contribution in [2.24, 2.45) is 21.7 Å². The molecule has 35 heteroatoms. The summed E-state index contributed by atoms with van der Waals surface area (Å²) in [6.07, 6.45) is 6.27. The van der Waals surface area contributed by atoms with Gasteiger partial charge in [0.25, 0.3) is 0 Å². The summed E-state index contributed by atoms with van der Waals surface area (Å²) in [7, 11) is -4.99. The zero-order chi connectivity index (χ0) is 111. The van der Waals surface area contributed by atoms with Gasteiger partial charge in [-0.3, -0.25) is 19.2 Å². The van der Waals surface area contributed by atoms with Crippen LogP contribution in [0.25, 0.3) is 43.7 Å². The molecule has 0 unspecified atom stereocenters. The van der Waals surface area contributed by atoms with Gasteiger partial charge in [0, 0.05) is 65.2 Å². The minimum atomic E-state index is -2.19. The second kappa shape index (κ2) is 48.0. The molecule has 147 heavy (non-hydrogen) atoms. The van der Waals surface area contributed by atoms with Gasteiger partial charge in [0.2, 0.25) is 27.7 Å². The largest absolute Gasteiger partial charge is 0.496 e. The predicted octanol–water partition coefficient (Wildman–Crippen LogP) is 25.9. The third-order valence-corrected chi connectivity index (χ3v) is 42.0. The SMILES string of the molecule is CCOC(=O)c1cn([C@H](CO[Si](C)(C)C(C)(C)C)C(C)(C)C)c2cc(F)c(C#Cc3ccc(F)cc3F)cc2c1=O.CCOC(=O)c1cn([C@H](CO[Si](C)(C)C(C)(C)C)C(C)(C)C)c2cc(F)c(CCc3ccc(F)cc3F)cc2c1=O.CCOC(=O)c1cn([C@H](CO[Si](C)(C)C(C)(C)C)C(C)(C)C)c2nc(F)c(I)cc2c1=O.COc1cc2c(cc1CCc1ccc(F)cc1F)c(=O)c(C(=O)O)cn2[C@H](CO)C(C)(C)C. The monoisotopic (exact) mass is 2210 g/mol. The van der Waals surface area contributed by atoms with Crippen LogP contribution in [0.4, 0.5) is 39.5 Å². The van der Waals surface area contributed by atoms with Gasteiger partial charge in [0.1, 0.15) is 80.2 Å². The van der Waals surface area contributed by atoms with E-state index in [0.29, 0.717) is 47.2 Å². The van der Waals surface area contributed by atoms with Crippen LogP contribution in [0.2, 0.25) is 54.4 Å². The number of ether oxygens (including phenoxy) is 4. The number of benzene rings is 6. The van der Waals surface area contributed by atoms with E-state index < -0.39 is 157 Å². The van der Waals surface area contributed by atoms with Gasteiger partial charge in [0.05, 0.1) is 114 Å². The number of aromatic carboxylic acids is 1. The number of fused-ring (bicyclic) bond motifs is 4. The molecule has 11 rings (SSSR count). The highest BCUT2D eigenvalue weighted by Crippen LogP contribution is 2.46. The Kier molecular flexibility index (Phi) is 39.6. The van der Waals surface area contributed by atoms with Gasteiger partial charge in [-0.15, -0.1) is 0 Å². The highest BCUT2D eigenvalue weighted by Gasteiger charge is 2.44. The van der Waals surface area contributed by atoms with Crippen LogP contribution in [0.1, 0.15) is 265 Å². The molecular weight excluding hydrogens is 2070 g/mol. The number of pyridine rings is 5. The van der Waals surface area contributed by atoms with Crippen molar-refractivity contribution in [3.63, 3.8) is 0 Å². The molecule has 798 valence electrons. The number of nitrogens with zero attached hydrogens (tertiary/aromatic N) is 5. The second-order valence-electron chi connectivity index (χ2n) is 45.5. The van der Waals surface area contributed by atoms with Crippen LogP contribution in [0.5, 0.6) is 5.75 Å². The maximum absolute atomic E-state index is 15.6. The smallest absolute Gasteiger partial charge is 0.343 e. The Morgan fingerprint density at radius 2 is 0.701 bits per heavy atom. The molecule has 22 nitrogen and oxygen atoms in total. The maximum Gasteiger partial charge on any atom is 0.343 e. The van der Waals surface area contributed by atoms with Crippen molar-refractivity contribution in [3.8, 4) is 17.6 Å². The molecule has 0 spiro atoms. The zero-order valence-electron chi connectivity index (χ0n) is 90.2. The molecule has 0 fully saturated rings. The Balaban J connectivity index is 0.000000240. The van der Waals surface area contributed by atoms with Crippen LogP contribution >= 0.6 is 22.6 Å². The first-order chi connectivity index (χ1) is 67.7. The number of methoxy groups -OCH3 is 1. The Labute approximate surface area is 871 Å². The summed E-state index contributed by atoms with van der Waals surface area (Å²) in [5, 5.41) is 20.2. The third-order valence-electron chi connectivity index (χ3n) is 27.7. The third kappa shape index (κ3) is 29.5. The van der Waals surface area contributed by atoms with E-state index in [0.717, 1.165) is 30.3 Å². The molecule has 6 aromatic carbocycles. The van der Waals surface area contributed by atoms with E-state index in [1.165, 1.54) is 80.4 Å². The van der Waals surface area contributed by atoms with Crippen molar-refractivity contribution in [3.05, 3.63) is 274 Å². The number of hydrogen-bond donors (Lipinski definition) is 2. The number of aliphatic hydroxyl groups is 1. The summed E-state index contributed by atoms with van der Waals surface area (Å²) >= 11 is 1.79. The molecule has 0 saturated heterocycles. The lowest BCUT2D eigenvalue weighted by atomic mass is 9.86. The van der Waals surface area contributed by atoms with Gasteiger partial charge < -0.3 is 60.7 Å². The minimum Gasteiger partial charge on any atom is -0.496 e. The van der Waals surface area contributed by atoms with E-state index in [1.807, 2.05) is 83.1 Å². The fraction of sp³-hybridized carbons (Fsp3) is 0.473. The number of hydrogen-bond acceptors (Lipinski definition) is 17. The van der Waals surface area contributed by atoms with Crippen molar-refractivity contribution < 1.29 is 101 Å². The fourth-order valence-electron chi connectivity index (χ4n) is 15.6. The topological polar surface area (TPSA) is 274 Å². The minimum absolute atomic E-state index is 0.0115. The van der Waals surface area contributed by atoms with E-state index in [9.17, 15) is 79.3 Å². The van der Waals surface area contributed by atoms with Gasteiger partial charge in [0.15, 0.2) is 25.0 Å². The molecule has 0 bridgehead atoms. The van der Waals surface area contributed by atoms with Gasteiger partial charge in [-0.25, -0.2) is 59.3 Å². The molecular formula is C112H141F9IN5O17Si3. The lowest BCUT2D eigenvalue weighted by molar-refractivity contribution is 0.0513. The number of carbonyl (C=O) groups is 4. The molecule has 0 aliphatic heterocycles. The summed E-state index contributed by atoms with van der Waals surface area (Å²) in [6.45, 7) is 62.1. The molecule has 0 radical (unpaired) electrons. The van der Waals surface area contributed by atoms with Crippen molar-refractivity contribution in [2.45, 2.75) is 270 Å². The van der Waals surface area contributed by atoms with E-state index in [-0.39, 0.29) is 167 Å². The van der Waals surface area contributed by atoms with Crippen LogP contribution in [0, 0.1) is 89.6 Å². The Morgan fingerprint density at radius 3 is 1.07 bits per heavy atom. The molecule has 5 heterocycles. The van der Waals surface area contributed by atoms with Crippen LogP contribution in [-0.4, -0.2) is 136 Å². The fourth-order valence-corrected chi connectivity index (χ4v) is 19.0. The van der Waals surface area contributed by atoms with Gasteiger partial charge in [-0.1, -0.05) is 169 Å². The van der Waals surface area contributed by atoms with Gasteiger partial charge in [-0.05, 0) is 228 Å². The highest BCUT2D eigenvalue weighted by molar-refractivity contribution is 14.1. The number of aromatic nitrogens is 5. The van der Waals surface area contributed by atoms with Crippen LogP contribution in [0.15, 0.2) is 141 Å².